The van der Waals surface area contributed by atoms with E-state index >= 15 is 0 Å². The molecule has 0 heterocycles. The summed E-state index contributed by atoms with van der Waals surface area (Å²) in [6.07, 6.45) is 1.07. The number of halogens is 3. The van der Waals surface area contributed by atoms with Gasteiger partial charge in [0.1, 0.15) is 0 Å². The Labute approximate surface area is 107 Å². The van der Waals surface area contributed by atoms with Gasteiger partial charge < -0.3 is 4.74 Å². The molecule has 0 amide bonds. The third kappa shape index (κ3) is 6.00. The smallest absolute Gasteiger partial charge is 0.381 e. The SMILES string of the molecule is FC(F)(F)CCCOCC1(CS)CCCCC1. The molecule has 1 nitrogen and oxygen atoms in total. The fourth-order valence-electron chi connectivity index (χ4n) is 2.31. The van der Waals surface area contributed by atoms with Gasteiger partial charge in [-0.1, -0.05) is 19.3 Å². The van der Waals surface area contributed by atoms with Crippen LogP contribution in [0.25, 0.3) is 0 Å². The van der Waals surface area contributed by atoms with Crippen LogP contribution in [0.2, 0.25) is 0 Å². The maximum Gasteiger partial charge on any atom is 0.389 e. The summed E-state index contributed by atoms with van der Waals surface area (Å²) in [5.41, 5.74) is 0.111. The predicted octanol–water partition coefficient (Wildman–Crippen LogP) is 4.23. The molecule has 1 rings (SSSR count). The average Bonchev–Trinajstić information content (AvgIpc) is 2.28. The van der Waals surface area contributed by atoms with E-state index in [1.54, 1.807) is 0 Å². The first-order valence-electron chi connectivity index (χ1n) is 6.23. The van der Waals surface area contributed by atoms with E-state index in [4.69, 9.17) is 4.74 Å². The molecular weight excluding hydrogens is 249 g/mol. The summed E-state index contributed by atoms with van der Waals surface area (Å²) >= 11 is 4.36. The van der Waals surface area contributed by atoms with Gasteiger partial charge in [-0.2, -0.15) is 25.8 Å². The topological polar surface area (TPSA) is 9.23 Å². The van der Waals surface area contributed by atoms with Crippen LogP contribution in [0.5, 0.6) is 0 Å². The molecular formula is C12H21F3OS. The molecule has 0 aromatic heterocycles. The molecule has 0 unspecified atom stereocenters. The van der Waals surface area contributed by atoms with E-state index in [2.05, 4.69) is 12.6 Å². The van der Waals surface area contributed by atoms with Crippen molar-refractivity contribution in [2.45, 2.75) is 51.1 Å². The Morgan fingerprint density at radius 1 is 1.12 bits per heavy atom. The van der Waals surface area contributed by atoms with E-state index < -0.39 is 12.6 Å². The van der Waals surface area contributed by atoms with Crippen LogP contribution in [0.1, 0.15) is 44.9 Å². The summed E-state index contributed by atoms with van der Waals surface area (Å²) in [4.78, 5) is 0. The minimum Gasteiger partial charge on any atom is -0.381 e. The zero-order valence-electron chi connectivity index (χ0n) is 10.1. The third-order valence-electron chi connectivity index (χ3n) is 3.41. The number of hydrogen-bond acceptors (Lipinski definition) is 2. The molecule has 0 aromatic rings. The van der Waals surface area contributed by atoms with E-state index in [0.29, 0.717) is 6.61 Å². The Morgan fingerprint density at radius 2 is 1.76 bits per heavy atom. The molecule has 1 saturated carbocycles. The van der Waals surface area contributed by atoms with Crippen LogP contribution in [0, 0.1) is 5.41 Å². The molecule has 1 aliphatic rings. The van der Waals surface area contributed by atoms with Gasteiger partial charge >= 0.3 is 6.18 Å². The number of thiol groups is 1. The Bertz CT molecular complexity index is 212. The highest BCUT2D eigenvalue weighted by atomic mass is 32.1. The first-order chi connectivity index (χ1) is 7.97. The Kier molecular flexibility index (Phi) is 6.13. The lowest BCUT2D eigenvalue weighted by Crippen LogP contribution is -2.31. The van der Waals surface area contributed by atoms with Crippen LogP contribution in [0.4, 0.5) is 13.2 Å². The Morgan fingerprint density at radius 3 is 2.29 bits per heavy atom. The van der Waals surface area contributed by atoms with Crippen LogP contribution >= 0.6 is 12.6 Å². The van der Waals surface area contributed by atoms with E-state index in [1.807, 2.05) is 0 Å². The van der Waals surface area contributed by atoms with Crippen molar-refractivity contribution in [3.63, 3.8) is 0 Å². The maximum atomic E-state index is 11.9. The van der Waals surface area contributed by atoms with Gasteiger partial charge in [-0.15, -0.1) is 0 Å². The average molecular weight is 270 g/mol. The van der Waals surface area contributed by atoms with Crippen LogP contribution in [0.15, 0.2) is 0 Å². The highest BCUT2D eigenvalue weighted by Gasteiger charge is 2.31. The molecule has 1 aliphatic carbocycles. The largest absolute Gasteiger partial charge is 0.389 e. The molecule has 0 spiro atoms. The highest BCUT2D eigenvalue weighted by Crippen LogP contribution is 2.37. The monoisotopic (exact) mass is 270 g/mol. The van der Waals surface area contributed by atoms with E-state index in [0.717, 1.165) is 18.6 Å². The Hall–Kier alpha value is 0.100. The van der Waals surface area contributed by atoms with Crippen LogP contribution < -0.4 is 0 Å². The highest BCUT2D eigenvalue weighted by molar-refractivity contribution is 7.80. The molecule has 0 radical (unpaired) electrons. The second kappa shape index (κ2) is 6.88. The molecule has 0 aliphatic heterocycles. The van der Waals surface area contributed by atoms with Gasteiger partial charge in [-0.25, -0.2) is 0 Å². The van der Waals surface area contributed by atoms with E-state index in [-0.39, 0.29) is 18.4 Å². The van der Waals surface area contributed by atoms with Gasteiger partial charge in [-0.05, 0) is 25.0 Å². The molecule has 0 saturated heterocycles. The number of alkyl halides is 3. The zero-order valence-corrected chi connectivity index (χ0v) is 11.0. The third-order valence-corrected chi connectivity index (χ3v) is 4.08. The molecule has 102 valence electrons. The van der Waals surface area contributed by atoms with Crippen molar-refractivity contribution in [1.29, 1.82) is 0 Å². The molecule has 0 atom stereocenters. The van der Waals surface area contributed by atoms with Gasteiger partial charge in [-0.3, -0.25) is 0 Å². The summed E-state index contributed by atoms with van der Waals surface area (Å²) in [5, 5.41) is 0. The lowest BCUT2D eigenvalue weighted by Gasteiger charge is -2.35. The standard InChI is InChI=1S/C12H21F3OS/c13-12(14,15)7-4-8-16-9-11(10-17)5-2-1-3-6-11/h17H,1-10H2. The summed E-state index contributed by atoms with van der Waals surface area (Å²) in [6, 6.07) is 0. The van der Waals surface area contributed by atoms with Gasteiger partial charge in [0.05, 0.1) is 6.61 Å². The molecule has 0 bridgehead atoms. The number of ether oxygens (including phenoxy) is 1. The van der Waals surface area contributed by atoms with Crippen molar-refractivity contribution in [2.75, 3.05) is 19.0 Å². The first-order valence-corrected chi connectivity index (χ1v) is 6.86. The second-order valence-electron chi connectivity index (χ2n) is 4.99. The zero-order chi connectivity index (χ0) is 12.8. The van der Waals surface area contributed by atoms with E-state index in [9.17, 15) is 13.2 Å². The molecule has 17 heavy (non-hydrogen) atoms. The van der Waals surface area contributed by atoms with Crippen LogP contribution in [0.3, 0.4) is 0 Å². The quantitative estimate of drug-likeness (QED) is 0.561. The molecule has 0 aromatic carbocycles. The van der Waals surface area contributed by atoms with Crippen molar-refractivity contribution < 1.29 is 17.9 Å². The predicted molar refractivity (Wildman–Crippen MR) is 65.5 cm³/mol. The first kappa shape index (κ1) is 15.2. The number of hydrogen-bond donors (Lipinski definition) is 1. The lowest BCUT2D eigenvalue weighted by molar-refractivity contribution is -0.138. The van der Waals surface area contributed by atoms with Gasteiger partial charge in [0, 0.05) is 18.4 Å². The number of rotatable bonds is 6. The van der Waals surface area contributed by atoms with Crippen molar-refractivity contribution in [1.82, 2.24) is 0 Å². The van der Waals surface area contributed by atoms with Crippen molar-refractivity contribution in [2.24, 2.45) is 5.41 Å². The summed E-state index contributed by atoms with van der Waals surface area (Å²) in [5.74, 6) is 0.770. The normalized spacial score (nSPS) is 20.5. The van der Waals surface area contributed by atoms with Crippen LogP contribution in [-0.4, -0.2) is 25.1 Å². The van der Waals surface area contributed by atoms with Gasteiger partial charge in [0.2, 0.25) is 0 Å². The maximum absolute atomic E-state index is 11.9. The minimum absolute atomic E-state index is 0.0617. The van der Waals surface area contributed by atoms with Crippen molar-refractivity contribution >= 4 is 12.6 Å². The second-order valence-corrected chi connectivity index (χ2v) is 5.31. The summed E-state index contributed by atoms with van der Waals surface area (Å²) in [7, 11) is 0. The molecule has 1 fully saturated rings. The van der Waals surface area contributed by atoms with Gasteiger partial charge in [0.15, 0.2) is 0 Å². The Balaban J connectivity index is 2.15. The summed E-state index contributed by atoms with van der Waals surface area (Å²) in [6.45, 7) is 0.767. The van der Waals surface area contributed by atoms with Crippen molar-refractivity contribution in [3.8, 4) is 0 Å². The lowest BCUT2D eigenvalue weighted by atomic mass is 9.76. The minimum atomic E-state index is -4.06. The summed E-state index contributed by atoms with van der Waals surface area (Å²) < 4.78 is 41.1. The molecule has 0 N–H and O–H groups in total. The van der Waals surface area contributed by atoms with Crippen LogP contribution in [-0.2, 0) is 4.74 Å². The molecule has 5 heteroatoms. The fourth-order valence-corrected chi connectivity index (χ4v) is 2.72. The fraction of sp³-hybridized carbons (Fsp3) is 1.00. The van der Waals surface area contributed by atoms with Crippen molar-refractivity contribution in [3.05, 3.63) is 0 Å². The van der Waals surface area contributed by atoms with E-state index in [1.165, 1.54) is 19.3 Å². The van der Waals surface area contributed by atoms with Gasteiger partial charge in [0.25, 0.3) is 0 Å².